The van der Waals surface area contributed by atoms with Gasteiger partial charge in [0, 0.05) is 24.8 Å². The van der Waals surface area contributed by atoms with Gasteiger partial charge < -0.3 is 10.6 Å². The zero-order valence-electron chi connectivity index (χ0n) is 11.4. The molecule has 1 amide bonds. The van der Waals surface area contributed by atoms with Crippen LogP contribution in [0.15, 0.2) is 0 Å². The van der Waals surface area contributed by atoms with E-state index in [4.69, 9.17) is 0 Å². The van der Waals surface area contributed by atoms with Crippen molar-refractivity contribution < 1.29 is 9.59 Å². The Morgan fingerprint density at radius 2 is 1.76 bits per heavy atom. The first-order valence-corrected chi connectivity index (χ1v) is 7.12. The average molecular weight is 260 g/mol. The summed E-state index contributed by atoms with van der Waals surface area (Å²) in [6.45, 7) is 7.79. The number of ketones is 1. The molecule has 0 saturated heterocycles. The normalized spacial score (nSPS) is 12.9. The topological polar surface area (TPSA) is 58.2 Å². The number of rotatable bonds is 8. The van der Waals surface area contributed by atoms with Gasteiger partial charge in [0.05, 0.1) is 11.8 Å². The molecule has 0 aromatic rings. The first-order chi connectivity index (χ1) is 7.88. The minimum Gasteiger partial charge on any atom is -0.358 e. The van der Waals surface area contributed by atoms with Gasteiger partial charge in [-0.1, -0.05) is 27.7 Å². The Labute approximate surface area is 108 Å². The van der Waals surface area contributed by atoms with Crippen LogP contribution in [-0.4, -0.2) is 42.3 Å². The van der Waals surface area contributed by atoms with E-state index in [2.05, 4.69) is 10.6 Å². The molecule has 0 aliphatic rings. The van der Waals surface area contributed by atoms with Crippen LogP contribution in [0, 0.1) is 5.92 Å². The molecule has 0 bridgehead atoms. The SMILES string of the molecule is CNC(=O)C(CSCC(=O)C(C)C)NC(C)C. The molecule has 0 aromatic heterocycles. The summed E-state index contributed by atoms with van der Waals surface area (Å²) in [6, 6.07) is 0.0173. The predicted octanol–water partition coefficient (Wildman–Crippen LogP) is 1.06. The third-order valence-electron chi connectivity index (χ3n) is 2.27. The second kappa shape index (κ2) is 8.53. The largest absolute Gasteiger partial charge is 0.358 e. The summed E-state index contributed by atoms with van der Waals surface area (Å²) >= 11 is 1.51. The Balaban J connectivity index is 4.08. The Morgan fingerprint density at radius 3 is 2.18 bits per heavy atom. The summed E-state index contributed by atoms with van der Waals surface area (Å²) in [5, 5.41) is 5.82. The number of hydrogen-bond acceptors (Lipinski definition) is 4. The number of nitrogens with one attached hydrogen (secondary N) is 2. The predicted molar refractivity (Wildman–Crippen MR) is 73.3 cm³/mol. The number of carbonyl (C=O) groups is 2. The van der Waals surface area contributed by atoms with Crippen molar-refractivity contribution in [2.45, 2.75) is 39.8 Å². The number of likely N-dealkylation sites (N-methyl/N-ethyl adjacent to an activating group) is 1. The van der Waals surface area contributed by atoms with E-state index >= 15 is 0 Å². The molecule has 0 aliphatic carbocycles. The maximum atomic E-state index is 11.6. The Morgan fingerprint density at radius 1 is 1.18 bits per heavy atom. The zero-order chi connectivity index (χ0) is 13.4. The molecule has 0 rings (SSSR count). The van der Waals surface area contributed by atoms with E-state index in [0.717, 1.165) is 0 Å². The Bertz CT molecular complexity index is 255. The van der Waals surface area contributed by atoms with Gasteiger partial charge in [0.15, 0.2) is 0 Å². The molecular formula is C12H24N2O2S. The van der Waals surface area contributed by atoms with Crippen LogP contribution in [0.3, 0.4) is 0 Å². The highest BCUT2D eigenvalue weighted by Crippen LogP contribution is 2.08. The van der Waals surface area contributed by atoms with E-state index in [1.54, 1.807) is 7.05 Å². The van der Waals surface area contributed by atoms with Crippen LogP contribution < -0.4 is 10.6 Å². The van der Waals surface area contributed by atoms with Crippen LogP contribution in [-0.2, 0) is 9.59 Å². The molecule has 0 aromatic carbocycles. The van der Waals surface area contributed by atoms with E-state index in [9.17, 15) is 9.59 Å². The van der Waals surface area contributed by atoms with E-state index in [1.165, 1.54) is 11.8 Å². The van der Waals surface area contributed by atoms with Gasteiger partial charge in [0.1, 0.15) is 5.78 Å². The van der Waals surface area contributed by atoms with E-state index in [-0.39, 0.29) is 29.7 Å². The quantitative estimate of drug-likeness (QED) is 0.685. The number of Topliss-reactive ketones (excluding diaryl/α,β-unsaturated/α-hetero) is 1. The summed E-state index contributed by atoms with van der Waals surface area (Å²) in [6.07, 6.45) is 0. The fourth-order valence-corrected chi connectivity index (χ4v) is 2.36. The fraction of sp³-hybridized carbons (Fsp3) is 0.833. The van der Waals surface area contributed by atoms with Crippen LogP contribution in [0.4, 0.5) is 0 Å². The molecule has 0 saturated carbocycles. The number of thioether (sulfide) groups is 1. The lowest BCUT2D eigenvalue weighted by Crippen LogP contribution is -2.47. The highest BCUT2D eigenvalue weighted by molar-refractivity contribution is 8.00. The fourth-order valence-electron chi connectivity index (χ4n) is 1.22. The van der Waals surface area contributed by atoms with Crippen molar-refractivity contribution in [1.82, 2.24) is 10.6 Å². The summed E-state index contributed by atoms with van der Waals surface area (Å²) in [5.41, 5.74) is 0. The third kappa shape index (κ3) is 7.39. The van der Waals surface area contributed by atoms with E-state index < -0.39 is 0 Å². The molecule has 0 radical (unpaired) electrons. The van der Waals surface area contributed by atoms with Gasteiger partial charge in [-0.25, -0.2) is 0 Å². The van der Waals surface area contributed by atoms with Gasteiger partial charge >= 0.3 is 0 Å². The lowest BCUT2D eigenvalue weighted by atomic mass is 10.1. The highest BCUT2D eigenvalue weighted by atomic mass is 32.2. The van der Waals surface area contributed by atoms with Crippen molar-refractivity contribution >= 4 is 23.5 Å². The molecule has 5 heteroatoms. The van der Waals surface area contributed by atoms with Gasteiger partial charge in [-0.2, -0.15) is 11.8 Å². The minimum atomic E-state index is -0.232. The van der Waals surface area contributed by atoms with Crippen molar-refractivity contribution in [2.24, 2.45) is 5.92 Å². The van der Waals surface area contributed by atoms with E-state index in [1.807, 2.05) is 27.7 Å². The number of hydrogen-bond donors (Lipinski definition) is 2. The average Bonchev–Trinajstić information content (AvgIpc) is 2.25. The minimum absolute atomic E-state index is 0.0248. The van der Waals surface area contributed by atoms with Crippen molar-refractivity contribution in [3.05, 3.63) is 0 Å². The Kier molecular flexibility index (Phi) is 8.25. The second-order valence-corrected chi connectivity index (χ2v) is 5.65. The van der Waals surface area contributed by atoms with Crippen molar-refractivity contribution in [1.29, 1.82) is 0 Å². The highest BCUT2D eigenvalue weighted by Gasteiger charge is 2.18. The molecule has 4 nitrogen and oxygen atoms in total. The van der Waals surface area contributed by atoms with Crippen molar-refractivity contribution in [3.63, 3.8) is 0 Å². The van der Waals surface area contributed by atoms with Crippen LogP contribution in [0.2, 0.25) is 0 Å². The molecule has 0 heterocycles. The summed E-state index contributed by atoms with van der Waals surface area (Å²) in [4.78, 5) is 23.0. The van der Waals surface area contributed by atoms with Gasteiger partial charge in [0.2, 0.25) is 5.91 Å². The second-order valence-electron chi connectivity index (χ2n) is 4.62. The van der Waals surface area contributed by atoms with Crippen LogP contribution in [0.1, 0.15) is 27.7 Å². The molecule has 0 aliphatic heterocycles. The number of amides is 1. The monoisotopic (exact) mass is 260 g/mol. The zero-order valence-corrected chi connectivity index (χ0v) is 12.2. The molecule has 1 atom stereocenters. The van der Waals surface area contributed by atoms with Crippen molar-refractivity contribution in [2.75, 3.05) is 18.6 Å². The smallest absolute Gasteiger partial charge is 0.237 e. The van der Waals surface area contributed by atoms with Crippen LogP contribution >= 0.6 is 11.8 Å². The van der Waals surface area contributed by atoms with Crippen LogP contribution in [0.25, 0.3) is 0 Å². The molecule has 2 N–H and O–H groups in total. The number of carbonyl (C=O) groups excluding carboxylic acids is 2. The van der Waals surface area contributed by atoms with Crippen LogP contribution in [0.5, 0.6) is 0 Å². The summed E-state index contributed by atoms with van der Waals surface area (Å²) < 4.78 is 0. The molecule has 0 spiro atoms. The van der Waals surface area contributed by atoms with Gasteiger partial charge in [0.25, 0.3) is 0 Å². The third-order valence-corrected chi connectivity index (χ3v) is 3.33. The maximum absolute atomic E-state index is 11.6. The summed E-state index contributed by atoms with van der Waals surface area (Å²) in [7, 11) is 1.63. The maximum Gasteiger partial charge on any atom is 0.237 e. The Hall–Kier alpha value is -0.550. The lowest BCUT2D eigenvalue weighted by molar-refractivity contribution is -0.122. The summed E-state index contributed by atoms with van der Waals surface area (Å²) in [5.74, 6) is 1.37. The molecule has 17 heavy (non-hydrogen) atoms. The van der Waals surface area contributed by atoms with Gasteiger partial charge in [-0.05, 0) is 0 Å². The first kappa shape index (κ1) is 16.4. The first-order valence-electron chi connectivity index (χ1n) is 5.96. The molecule has 1 unspecified atom stereocenters. The molecule has 0 fully saturated rings. The van der Waals surface area contributed by atoms with Gasteiger partial charge in [-0.3, -0.25) is 9.59 Å². The molecular weight excluding hydrogens is 236 g/mol. The van der Waals surface area contributed by atoms with Crippen molar-refractivity contribution in [3.8, 4) is 0 Å². The lowest BCUT2D eigenvalue weighted by Gasteiger charge is -2.19. The van der Waals surface area contributed by atoms with E-state index in [0.29, 0.717) is 11.5 Å². The molecule has 100 valence electrons. The standard InChI is InChI=1S/C12H24N2O2S/c1-8(2)11(15)7-17-6-10(12(16)13-5)14-9(3)4/h8-10,14H,6-7H2,1-5H3,(H,13,16). The van der Waals surface area contributed by atoms with Gasteiger partial charge in [-0.15, -0.1) is 0 Å².